The number of hydrogen-bond acceptors (Lipinski definition) is 3. The molecule has 2 aromatic rings. The molecular formula is C13H17N5O. The van der Waals surface area contributed by atoms with E-state index in [-0.39, 0.29) is 11.9 Å². The largest absolute Gasteiger partial charge is 0.346 e. The summed E-state index contributed by atoms with van der Waals surface area (Å²) in [7, 11) is 0. The molecule has 2 aromatic heterocycles. The molecule has 1 saturated carbocycles. The molecule has 1 aliphatic rings. The molecular weight excluding hydrogens is 242 g/mol. The molecule has 0 radical (unpaired) electrons. The summed E-state index contributed by atoms with van der Waals surface area (Å²) in [6, 6.07) is 1.89. The summed E-state index contributed by atoms with van der Waals surface area (Å²) >= 11 is 0. The van der Waals surface area contributed by atoms with Gasteiger partial charge in [-0.05, 0) is 25.8 Å². The van der Waals surface area contributed by atoms with Crippen LogP contribution in [0.1, 0.15) is 41.9 Å². The van der Waals surface area contributed by atoms with Gasteiger partial charge < -0.3 is 9.88 Å². The van der Waals surface area contributed by atoms with Gasteiger partial charge >= 0.3 is 0 Å². The van der Waals surface area contributed by atoms with Crippen LogP contribution in [0.4, 0.5) is 0 Å². The summed E-state index contributed by atoms with van der Waals surface area (Å²) in [6.45, 7) is 2.66. The van der Waals surface area contributed by atoms with Crippen LogP contribution >= 0.6 is 0 Å². The van der Waals surface area contributed by atoms with Crippen LogP contribution in [0, 0.1) is 0 Å². The zero-order valence-electron chi connectivity index (χ0n) is 10.8. The summed E-state index contributed by atoms with van der Waals surface area (Å²) in [4.78, 5) is 16.0. The van der Waals surface area contributed by atoms with Crippen molar-refractivity contribution in [2.45, 2.75) is 38.3 Å². The summed E-state index contributed by atoms with van der Waals surface area (Å²) in [5.74, 6) is 0.452. The fourth-order valence-electron chi connectivity index (χ4n) is 2.11. The number of nitrogens with one attached hydrogen (secondary N) is 2. The van der Waals surface area contributed by atoms with E-state index in [0.717, 1.165) is 5.69 Å². The van der Waals surface area contributed by atoms with Gasteiger partial charge in [-0.15, -0.1) is 0 Å². The summed E-state index contributed by atoms with van der Waals surface area (Å²) in [5.41, 5.74) is 1.55. The third-order valence-electron chi connectivity index (χ3n) is 3.27. The van der Waals surface area contributed by atoms with E-state index in [4.69, 9.17) is 0 Å². The Labute approximate surface area is 111 Å². The number of aromatic amines is 1. The predicted octanol–water partition coefficient (Wildman–Crippen LogP) is 1.30. The zero-order valence-corrected chi connectivity index (χ0v) is 10.8. The third kappa shape index (κ3) is 2.83. The predicted molar refractivity (Wildman–Crippen MR) is 69.7 cm³/mol. The van der Waals surface area contributed by atoms with Gasteiger partial charge in [0, 0.05) is 36.6 Å². The monoisotopic (exact) mass is 259 g/mol. The molecule has 100 valence electrons. The van der Waals surface area contributed by atoms with Crippen LogP contribution in [0.15, 0.2) is 24.8 Å². The van der Waals surface area contributed by atoms with Gasteiger partial charge in [0.1, 0.15) is 5.69 Å². The Balaban J connectivity index is 1.57. The van der Waals surface area contributed by atoms with E-state index in [9.17, 15) is 4.79 Å². The molecule has 19 heavy (non-hydrogen) atoms. The Hall–Kier alpha value is -2.11. The minimum Gasteiger partial charge on any atom is -0.346 e. The molecule has 0 bridgehead atoms. The summed E-state index contributed by atoms with van der Waals surface area (Å²) in [5, 5.41) is 9.95. The lowest BCUT2D eigenvalue weighted by Gasteiger charge is -2.13. The van der Waals surface area contributed by atoms with E-state index in [1.807, 2.05) is 23.8 Å². The highest BCUT2D eigenvalue weighted by molar-refractivity contribution is 5.92. The molecule has 0 spiro atoms. The van der Waals surface area contributed by atoms with Crippen LogP contribution < -0.4 is 5.32 Å². The van der Waals surface area contributed by atoms with Crippen molar-refractivity contribution >= 4 is 5.91 Å². The van der Waals surface area contributed by atoms with Crippen LogP contribution in [0.3, 0.4) is 0 Å². The van der Waals surface area contributed by atoms with Gasteiger partial charge in [0.15, 0.2) is 0 Å². The van der Waals surface area contributed by atoms with Crippen molar-refractivity contribution in [2.75, 3.05) is 0 Å². The van der Waals surface area contributed by atoms with E-state index in [1.165, 1.54) is 12.8 Å². The number of hydrogen-bond donors (Lipinski definition) is 2. The second-order valence-corrected chi connectivity index (χ2v) is 5.12. The van der Waals surface area contributed by atoms with Crippen molar-refractivity contribution in [3.05, 3.63) is 36.2 Å². The first kappa shape index (κ1) is 12.0. The van der Waals surface area contributed by atoms with Gasteiger partial charge in [0.2, 0.25) is 0 Å². The van der Waals surface area contributed by atoms with Crippen molar-refractivity contribution < 1.29 is 4.79 Å². The molecule has 2 N–H and O–H groups in total. The zero-order chi connectivity index (χ0) is 13.2. The number of H-pyrrole nitrogens is 1. The second kappa shape index (κ2) is 4.87. The fourth-order valence-corrected chi connectivity index (χ4v) is 2.11. The van der Waals surface area contributed by atoms with Gasteiger partial charge in [-0.2, -0.15) is 5.10 Å². The number of nitrogens with zero attached hydrogens (tertiary/aromatic N) is 3. The highest BCUT2D eigenvalue weighted by atomic mass is 16.2. The molecule has 3 rings (SSSR count). The van der Waals surface area contributed by atoms with Crippen LogP contribution in [0.2, 0.25) is 0 Å². The Morgan fingerprint density at radius 2 is 2.47 bits per heavy atom. The normalized spacial score (nSPS) is 16.3. The van der Waals surface area contributed by atoms with Gasteiger partial charge in [0.05, 0.1) is 6.33 Å². The molecule has 1 unspecified atom stereocenters. The number of imidazole rings is 1. The lowest BCUT2D eigenvalue weighted by atomic mass is 10.2. The Morgan fingerprint density at radius 3 is 3.16 bits per heavy atom. The van der Waals surface area contributed by atoms with Crippen LogP contribution in [-0.2, 0) is 6.54 Å². The fraction of sp³-hybridized carbons (Fsp3) is 0.462. The number of carbonyl (C=O) groups excluding carboxylic acids is 1. The van der Waals surface area contributed by atoms with Crippen LogP contribution in [0.25, 0.3) is 0 Å². The Kier molecular flexibility index (Phi) is 3.06. The molecule has 1 amide bonds. The average molecular weight is 259 g/mol. The van der Waals surface area contributed by atoms with E-state index in [2.05, 4.69) is 20.5 Å². The first-order valence-electron chi connectivity index (χ1n) is 6.54. The molecule has 0 aliphatic heterocycles. The number of aromatic nitrogens is 4. The van der Waals surface area contributed by atoms with Crippen LogP contribution in [0.5, 0.6) is 0 Å². The maximum atomic E-state index is 12.0. The van der Waals surface area contributed by atoms with Crippen molar-refractivity contribution in [2.24, 2.45) is 0 Å². The molecule has 0 saturated heterocycles. The van der Waals surface area contributed by atoms with Gasteiger partial charge in [-0.3, -0.25) is 9.89 Å². The van der Waals surface area contributed by atoms with Crippen LogP contribution in [-0.4, -0.2) is 31.7 Å². The molecule has 6 heteroatoms. The molecule has 0 aromatic carbocycles. The Bertz CT molecular complexity index is 555. The van der Waals surface area contributed by atoms with E-state index < -0.39 is 0 Å². The summed E-state index contributed by atoms with van der Waals surface area (Å²) in [6.07, 6.45) is 7.73. The van der Waals surface area contributed by atoms with Crippen molar-refractivity contribution in [3.63, 3.8) is 0 Å². The number of amides is 1. The SMILES string of the molecule is CC(Cn1ccnc1)NC(=O)c1cc(C2CC2)[nH]n1. The lowest BCUT2D eigenvalue weighted by Crippen LogP contribution is -2.35. The molecule has 1 atom stereocenters. The van der Waals surface area contributed by atoms with Gasteiger partial charge in [-0.1, -0.05) is 0 Å². The highest BCUT2D eigenvalue weighted by Gasteiger charge is 2.26. The maximum absolute atomic E-state index is 12.0. The molecule has 1 fully saturated rings. The first-order valence-corrected chi connectivity index (χ1v) is 6.54. The first-order chi connectivity index (χ1) is 9.22. The molecule has 1 aliphatic carbocycles. The van der Waals surface area contributed by atoms with E-state index in [1.54, 1.807) is 12.5 Å². The highest BCUT2D eigenvalue weighted by Crippen LogP contribution is 2.38. The van der Waals surface area contributed by atoms with Crippen molar-refractivity contribution in [1.29, 1.82) is 0 Å². The maximum Gasteiger partial charge on any atom is 0.272 e. The lowest BCUT2D eigenvalue weighted by molar-refractivity contribution is 0.0931. The minimum atomic E-state index is -0.129. The molecule has 6 nitrogen and oxygen atoms in total. The van der Waals surface area contributed by atoms with Crippen molar-refractivity contribution in [1.82, 2.24) is 25.1 Å². The summed E-state index contributed by atoms with van der Waals surface area (Å²) < 4.78 is 1.94. The van der Waals surface area contributed by atoms with E-state index >= 15 is 0 Å². The minimum absolute atomic E-state index is 0.0303. The van der Waals surface area contributed by atoms with E-state index in [0.29, 0.717) is 18.2 Å². The number of carbonyl (C=O) groups is 1. The number of rotatable bonds is 5. The van der Waals surface area contributed by atoms with Crippen molar-refractivity contribution in [3.8, 4) is 0 Å². The van der Waals surface area contributed by atoms with Gasteiger partial charge in [0.25, 0.3) is 5.91 Å². The quantitative estimate of drug-likeness (QED) is 0.849. The Morgan fingerprint density at radius 1 is 1.63 bits per heavy atom. The smallest absolute Gasteiger partial charge is 0.272 e. The van der Waals surface area contributed by atoms with Gasteiger partial charge in [-0.25, -0.2) is 4.98 Å². The topological polar surface area (TPSA) is 75.6 Å². The third-order valence-corrected chi connectivity index (χ3v) is 3.27. The standard InChI is InChI=1S/C13H17N5O/c1-9(7-18-5-4-14-8-18)15-13(19)12-6-11(16-17-12)10-2-3-10/h4-6,8-10H,2-3,7H2,1H3,(H,15,19)(H,16,17). The second-order valence-electron chi connectivity index (χ2n) is 5.12. The average Bonchev–Trinajstić information content (AvgIpc) is 2.91. The molecule has 2 heterocycles.